The molecule has 3 aromatic carbocycles. The van der Waals surface area contributed by atoms with Crippen LogP contribution in [-0.4, -0.2) is 38.8 Å². The van der Waals surface area contributed by atoms with Gasteiger partial charge in [0.25, 0.3) is 5.91 Å². The number of methoxy groups -OCH3 is 1. The van der Waals surface area contributed by atoms with Crippen LogP contribution in [0.5, 0.6) is 5.75 Å². The standard InChI is InChI=1S/C24H28N2O4S/c1-5-26(6-2)31(28,29)19-14-15-23(30-4)22(16-19)24(27)25-17(3)20-13-9-11-18-10-7-8-12-21(18)20/h7-17H,5-6H2,1-4H3,(H,25,27). The van der Waals surface area contributed by atoms with Crippen molar-refractivity contribution >= 4 is 26.7 Å². The molecule has 0 saturated heterocycles. The molecule has 0 aromatic heterocycles. The molecule has 3 rings (SSSR count). The summed E-state index contributed by atoms with van der Waals surface area (Å²) in [5.41, 5.74) is 1.17. The predicted molar refractivity (Wildman–Crippen MR) is 123 cm³/mol. The summed E-state index contributed by atoms with van der Waals surface area (Å²) in [7, 11) is -2.24. The average Bonchev–Trinajstić information content (AvgIpc) is 2.78. The van der Waals surface area contributed by atoms with Crippen LogP contribution in [0.4, 0.5) is 0 Å². The van der Waals surface area contributed by atoms with Crippen molar-refractivity contribution in [1.29, 1.82) is 0 Å². The highest BCUT2D eigenvalue weighted by atomic mass is 32.2. The van der Waals surface area contributed by atoms with Crippen LogP contribution < -0.4 is 10.1 Å². The Bertz CT molecular complexity index is 1180. The van der Waals surface area contributed by atoms with Gasteiger partial charge >= 0.3 is 0 Å². The lowest BCUT2D eigenvalue weighted by Gasteiger charge is -2.20. The molecule has 1 N–H and O–H groups in total. The fourth-order valence-electron chi connectivity index (χ4n) is 3.72. The Hall–Kier alpha value is -2.90. The first-order valence-electron chi connectivity index (χ1n) is 10.3. The number of carbonyl (C=O) groups is 1. The van der Waals surface area contributed by atoms with Gasteiger partial charge in [-0.15, -0.1) is 0 Å². The lowest BCUT2D eigenvalue weighted by molar-refractivity contribution is 0.0937. The quantitative estimate of drug-likeness (QED) is 0.564. The minimum Gasteiger partial charge on any atom is -0.496 e. The fraction of sp³-hybridized carbons (Fsp3) is 0.292. The van der Waals surface area contributed by atoms with Gasteiger partial charge in [-0.05, 0) is 41.5 Å². The number of nitrogens with zero attached hydrogens (tertiary/aromatic N) is 1. The smallest absolute Gasteiger partial charge is 0.255 e. The average molecular weight is 441 g/mol. The van der Waals surface area contributed by atoms with Crippen LogP contribution in [0.25, 0.3) is 10.8 Å². The lowest BCUT2D eigenvalue weighted by atomic mass is 9.99. The Kier molecular flexibility index (Phi) is 6.97. The number of nitrogens with one attached hydrogen (secondary N) is 1. The second kappa shape index (κ2) is 9.49. The molecule has 0 aliphatic carbocycles. The molecule has 0 aliphatic heterocycles. The summed E-state index contributed by atoms with van der Waals surface area (Å²) in [5, 5.41) is 5.13. The van der Waals surface area contributed by atoms with Crippen LogP contribution in [0.3, 0.4) is 0 Å². The van der Waals surface area contributed by atoms with Crippen molar-refractivity contribution in [3.8, 4) is 5.75 Å². The van der Waals surface area contributed by atoms with E-state index in [1.165, 1.54) is 29.6 Å². The van der Waals surface area contributed by atoms with Crippen LogP contribution in [0.1, 0.15) is 42.7 Å². The van der Waals surface area contributed by atoms with Gasteiger partial charge in [0.15, 0.2) is 0 Å². The first-order chi connectivity index (χ1) is 14.8. The van der Waals surface area contributed by atoms with Gasteiger partial charge in [0.1, 0.15) is 5.75 Å². The highest BCUT2D eigenvalue weighted by molar-refractivity contribution is 7.89. The summed E-state index contributed by atoms with van der Waals surface area (Å²) >= 11 is 0. The first-order valence-corrected chi connectivity index (χ1v) is 11.7. The van der Waals surface area contributed by atoms with E-state index in [2.05, 4.69) is 5.32 Å². The van der Waals surface area contributed by atoms with E-state index in [-0.39, 0.29) is 16.5 Å². The summed E-state index contributed by atoms with van der Waals surface area (Å²) in [6.45, 7) is 6.17. The highest BCUT2D eigenvalue weighted by Crippen LogP contribution is 2.27. The maximum absolute atomic E-state index is 13.1. The molecule has 7 heteroatoms. The summed E-state index contributed by atoms with van der Waals surface area (Å²) in [4.78, 5) is 13.2. The third-order valence-corrected chi connectivity index (χ3v) is 7.44. The first kappa shape index (κ1) is 22.8. The Balaban J connectivity index is 1.95. The number of fused-ring (bicyclic) bond motifs is 1. The molecule has 0 radical (unpaired) electrons. The Morgan fingerprint density at radius 1 is 1.03 bits per heavy atom. The van der Waals surface area contributed by atoms with E-state index in [0.717, 1.165) is 16.3 Å². The van der Waals surface area contributed by atoms with E-state index in [9.17, 15) is 13.2 Å². The van der Waals surface area contributed by atoms with E-state index in [4.69, 9.17) is 4.74 Å². The maximum atomic E-state index is 13.1. The number of benzene rings is 3. The van der Waals surface area contributed by atoms with Crippen LogP contribution in [0, 0.1) is 0 Å². The van der Waals surface area contributed by atoms with Crippen LogP contribution in [0.2, 0.25) is 0 Å². The van der Waals surface area contributed by atoms with E-state index >= 15 is 0 Å². The molecule has 0 fully saturated rings. The summed E-state index contributed by atoms with van der Waals surface area (Å²) in [6, 6.07) is 18.0. The molecular weight excluding hydrogens is 412 g/mol. The molecule has 0 spiro atoms. The van der Waals surface area contributed by atoms with E-state index in [1.807, 2.05) is 49.4 Å². The van der Waals surface area contributed by atoms with Gasteiger partial charge in [0.2, 0.25) is 10.0 Å². The van der Waals surface area contributed by atoms with Gasteiger partial charge in [0, 0.05) is 13.1 Å². The van der Waals surface area contributed by atoms with Gasteiger partial charge in [0.05, 0.1) is 23.6 Å². The molecule has 1 unspecified atom stereocenters. The second-order valence-electron chi connectivity index (χ2n) is 7.21. The molecule has 0 bridgehead atoms. The molecule has 1 atom stereocenters. The van der Waals surface area contributed by atoms with Crippen molar-refractivity contribution in [2.24, 2.45) is 0 Å². The lowest BCUT2D eigenvalue weighted by Crippen LogP contribution is -2.31. The van der Waals surface area contributed by atoms with E-state index < -0.39 is 15.9 Å². The maximum Gasteiger partial charge on any atom is 0.255 e. The van der Waals surface area contributed by atoms with Crippen LogP contribution >= 0.6 is 0 Å². The molecule has 0 aliphatic rings. The van der Waals surface area contributed by atoms with Gasteiger partial charge in [-0.3, -0.25) is 4.79 Å². The fourth-order valence-corrected chi connectivity index (χ4v) is 5.20. The van der Waals surface area contributed by atoms with Crippen molar-refractivity contribution < 1.29 is 17.9 Å². The Labute approximate surface area is 183 Å². The number of carbonyl (C=O) groups excluding carboxylic acids is 1. The topological polar surface area (TPSA) is 75.7 Å². The number of ether oxygens (including phenoxy) is 1. The Morgan fingerprint density at radius 2 is 1.71 bits per heavy atom. The van der Waals surface area contributed by atoms with Gasteiger partial charge in [-0.25, -0.2) is 8.42 Å². The molecule has 0 saturated carbocycles. The van der Waals surface area contributed by atoms with Crippen molar-refractivity contribution in [3.05, 3.63) is 71.8 Å². The number of amides is 1. The summed E-state index contributed by atoms with van der Waals surface area (Å²) < 4.78 is 32.5. The SMILES string of the molecule is CCN(CC)S(=O)(=O)c1ccc(OC)c(C(=O)NC(C)c2cccc3ccccc23)c1. The number of hydrogen-bond donors (Lipinski definition) is 1. The molecule has 31 heavy (non-hydrogen) atoms. The number of sulfonamides is 1. The predicted octanol–water partition coefficient (Wildman–Crippen LogP) is 4.37. The van der Waals surface area contributed by atoms with Crippen LogP contribution in [0.15, 0.2) is 65.6 Å². The van der Waals surface area contributed by atoms with Crippen molar-refractivity contribution in [3.63, 3.8) is 0 Å². The zero-order valence-electron chi connectivity index (χ0n) is 18.3. The molecule has 1 amide bonds. The van der Waals surface area contributed by atoms with Gasteiger partial charge in [-0.2, -0.15) is 4.31 Å². The normalized spacial score (nSPS) is 12.7. The number of hydrogen-bond acceptors (Lipinski definition) is 4. The van der Waals surface area contributed by atoms with Gasteiger partial charge < -0.3 is 10.1 Å². The van der Waals surface area contributed by atoms with Crippen molar-refractivity contribution in [1.82, 2.24) is 9.62 Å². The van der Waals surface area contributed by atoms with E-state index in [0.29, 0.717) is 18.8 Å². The third-order valence-electron chi connectivity index (χ3n) is 5.40. The minimum absolute atomic E-state index is 0.0694. The second-order valence-corrected chi connectivity index (χ2v) is 9.15. The van der Waals surface area contributed by atoms with E-state index in [1.54, 1.807) is 13.8 Å². The zero-order chi connectivity index (χ0) is 22.6. The Morgan fingerprint density at radius 3 is 2.39 bits per heavy atom. The molecule has 3 aromatic rings. The molecule has 164 valence electrons. The highest BCUT2D eigenvalue weighted by Gasteiger charge is 2.25. The van der Waals surface area contributed by atoms with Crippen molar-refractivity contribution in [2.45, 2.75) is 31.7 Å². The molecular formula is C24H28N2O4S. The summed E-state index contributed by atoms with van der Waals surface area (Å²) in [6.07, 6.45) is 0. The van der Waals surface area contributed by atoms with Gasteiger partial charge in [-0.1, -0.05) is 56.3 Å². The number of rotatable bonds is 8. The largest absolute Gasteiger partial charge is 0.496 e. The van der Waals surface area contributed by atoms with Crippen LogP contribution in [-0.2, 0) is 10.0 Å². The molecule has 0 heterocycles. The zero-order valence-corrected chi connectivity index (χ0v) is 19.1. The molecule has 6 nitrogen and oxygen atoms in total. The van der Waals surface area contributed by atoms with Crippen molar-refractivity contribution in [2.75, 3.05) is 20.2 Å². The monoisotopic (exact) mass is 440 g/mol. The third kappa shape index (κ3) is 4.57. The summed E-state index contributed by atoms with van der Waals surface area (Å²) in [5.74, 6) is -0.0741. The minimum atomic E-state index is -3.69.